The number of hydrogen-bond acceptors (Lipinski definition) is 3. The number of amides is 1. The molecule has 0 bridgehead atoms. The summed E-state index contributed by atoms with van der Waals surface area (Å²) >= 11 is 0. The highest BCUT2D eigenvalue weighted by molar-refractivity contribution is 5.78. The van der Waals surface area contributed by atoms with E-state index >= 15 is 0 Å². The van der Waals surface area contributed by atoms with Crippen LogP contribution in [0.4, 0.5) is 13.2 Å². The van der Waals surface area contributed by atoms with Gasteiger partial charge in [0.15, 0.2) is 0 Å². The molecule has 0 aromatic carbocycles. The molecule has 0 aliphatic heterocycles. The normalized spacial score (nSPS) is 19.1. The Labute approximate surface area is 118 Å². The predicted octanol–water partition coefficient (Wildman–Crippen LogP) is 1.52. The quantitative estimate of drug-likeness (QED) is 0.781. The molecule has 1 aliphatic carbocycles. The molecule has 1 fully saturated rings. The number of carbonyl (C=O) groups is 1. The van der Waals surface area contributed by atoms with Crippen molar-refractivity contribution in [2.75, 3.05) is 33.7 Å². The van der Waals surface area contributed by atoms with Gasteiger partial charge in [0.2, 0.25) is 5.91 Å². The summed E-state index contributed by atoms with van der Waals surface area (Å²) in [6.07, 6.45) is 1.19. The molecule has 118 valence electrons. The van der Waals surface area contributed by atoms with Crippen molar-refractivity contribution in [3.05, 3.63) is 0 Å². The van der Waals surface area contributed by atoms with Crippen LogP contribution in [0.3, 0.4) is 0 Å². The molecule has 0 aromatic rings. The Balaban J connectivity index is 2.34. The molecule has 1 rings (SSSR count). The van der Waals surface area contributed by atoms with Gasteiger partial charge in [-0.25, -0.2) is 0 Å². The van der Waals surface area contributed by atoms with Crippen LogP contribution in [0.15, 0.2) is 0 Å². The number of carbonyl (C=O) groups excluding carboxylic acids is 1. The smallest absolute Gasteiger partial charge is 0.353 e. The molecule has 20 heavy (non-hydrogen) atoms. The molecule has 0 heterocycles. The fourth-order valence-electron chi connectivity index (χ4n) is 2.64. The molecule has 0 saturated heterocycles. The Morgan fingerprint density at radius 2 is 1.80 bits per heavy atom. The maximum absolute atomic E-state index is 11.9. The van der Waals surface area contributed by atoms with Gasteiger partial charge in [0.05, 0.1) is 13.1 Å². The van der Waals surface area contributed by atoms with E-state index in [-0.39, 0.29) is 18.0 Å². The van der Waals surface area contributed by atoms with Gasteiger partial charge in [-0.1, -0.05) is 19.3 Å². The van der Waals surface area contributed by atoms with Crippen LogP contribution in [0, 0.1) is 0 Å². The van der Waals surface area contributed by atoms with Crippen LogP contribution in [-0.2, 0) is 4.79 Å². The maximum atomic E-state index is 11.9. The standard InChI is InChI=1S/C13H24F3N3O/c1-19(2)12(6-4-3-5-7-12)9-18-11(20)8-17-10-13(14,15)16/h17H,3-10H2,1-2H3,(H,18,20). The average molecular weight is 295 g/mol. The zero-order valence-electron chi connectivity index (χ0n) is 12.1. The van der Waals surface area contributed by atoms with Crippen molar-refractivity contribution < 1.29 is 18.0 Å². The van der Waals surface area contributed by atoms with Gasteiger partial charge in [-0.3, -0.25) is 4.79 Å². The average Bonchev–Trinajstić information content (AvgIpc) is 2.36. The van der Waals surface area contributed by atoms with Crippen LogP contribution in [0.1, 0.15) is 32.1 Å². The minimum atomic E-state index is -4.28. The molecule has 7 heteroatoms. The Bertz CT molecular complexity index is 312. The third-order valence-corrected chi connectivity index (χ3v) is 3.96. The summed E-state index contributed by atoms with van der Waals surface area (Å²) in [6.45, 7) is -0.950. The Morgan fingerprint density at radius 3 is 2.30 bits per heavy atom. The zero-order chi connectivity index (χ0) is 15.2. The van der Waals surface area contributed by atoms with Gasteiger partial charge >= 0.3 is 6.18 Å². The SMILES string of the molecule is CN(C)C1(CNC(=O)CNCC(F)(F)F)CCCCC1. The number of hydrogen-bond donors (Lipinski definition) is 2. The first kappa shape index (κ1) is 17.2. The van der Waals surface area contributed by atoms with Gasteiger partial charge in [-0.05, 0) is 26.9 Å². The molecule has 4 nitrogen and oxygen atoms in total. The molecule has 0 spiro atoms. The second-order valence-electron chi connectivity index (χ2n) is 5.67. The summed E-state index contributed by atoms with van der Waals surface area (Å²) in [7, 11) is 3.97. The van der Waals surface area contributed by atoms with Gasteiger partial charge in [-0.2, -0.15) is 13.2 Å². The predicted molar refractivity (Wildman–Crippen MR) is 71.4 cm³/mol. The van der Waals surface area contributed by atoms with Crippen LogP contribution in [0.25, 0.3) is 0 Å². The van der Waals surface area contributed by atoms with E-state index < -0.39 is 12.7 Å². The largest absolute Gasteiger partial charge is 0.401 e. The van der Waals surface area contributed by atoms with Crippen molar-refractivity contribution in [3.8, 4) is 0 Å². The van der Waals surface area contributed by atoms with E-state index in [1.165, 1.54) is 6.42 Å². The summed E-state index contributed by atoms with van der Waals surface area (Å²) in [5.74, 6) is -0.388. The monoisotopic (exact) mass is 295 g/mol. The number of nitrogens with zero attached hydrogens (tertiary/aromatic N) is 1. The molecular weight excluding hydrogens is 271 g/mol. The molecule has 1 aliphatic rings. The lowest BCUT2D eigenvalue weighted by molar-refractivity contribution is -0.128. The van der Waals surface area contributed by atoms with Crippen molar-refractivity contribution in [2.24, 2.45) is 0 Å². The minimum Gasteiger partial charge on any atom is -0.353 e. The van der Waals surface area contributed by atoms with Gasteiger partial charge < -0.3 is 15.5 Å². The van der Waals surface area contributed by atoms with E-state index in [1.54, 1.807) is 0 Å². The topological polar surface area (TPSA) is 44.4 Å². The third kappa shape index (κ3) is 5.66. The molecule has 0 aromatic heterocycles. The first-order valence-corrected chi connectivity index (χ1v) is 6.97. The van der Waals surface area contributed by atoms with Gasteiger partial charge in [0, 0.05) is 12.1 Å². The van der Waals surface area contributed by atoms with Crippen molar-refractivity contribution >= 4 is 5.91 Å². The van der Waals surface area contributed by atoms with Crippen molar-refractivity contribution in [2.45, 2.75) is 43.8 Å². The molecule has 1 amide bonds. The van der Waals surface area contributed by atoms with E-state index in [4.69, 9.17) is 0 Å². The Hall–Kier alpha value is -0.820. The molecule has 1 saturated carbocycles. The van der Waals surface area contributed by atoms with E-state index in [1.807, 2.05) is 14.1 Å². The lowest BCUT2D eigenvalue weighted by atomic mass is 9.80. The van der Waals surface area contributed by atoms with Crippen LogP contribution < -0.4 is 10.6 Å². The third-order valence-electron chi connectivity index (χ3n) is 3.96. The molecular formula is C13H24F3N3O. The Kier molecular flexibility index (Phi) is 6.26. The number of rotatable bonds is 6. The van der Waals surface area contributed by atoms with Crippen molar-refractivity contribution in [3.63, 3.8) is 0 Å². The molecule has 0 radical (unpaired) electrons. The van der Waals surface area contributed by atoms with Gasteiger partial charge in [0.25, 0.3) is 0 Å². The minimum absolute atomic E-state index is 0.0576. The molecule has 2 N–H and O–H groups in total. The highest BCUT2D eigenvalue weighted by Gasteiger charge is 2.34. The summed E-state index contributed by atoms with van der Waals surface area (Å²) in [4.78, 5) is 13.7. The van der Waals surface area contributed by atoms with Gasteiger partial charge in [0.1, 0.15) is 0 Å². The van der Waals surface area contributed by atoms with Crippen molar-refractivity contribution in [1.29, 1.82) is 0 Å². The van der Waals surface area contributed by atoms with Crippen LogP contribution in [0.2, 0.25) is 0 Å². The van der Waals surface area contributed by atoms with E-state index in [2.05, 4.69) is 15.5 Å². The lowest BCUT2D eigenvalue weighted by Crippen LogP contribution is -2.54. The summed E-state index contributed by atoms with van der Waals surface area (Å²) in [5, 5.41) is 4.85. The van der Waals surface area contributed by atoms with Crippen LogP contribution >= 0.6 is 0 Å². The lowest BCUT2D eigenvalue weighted by Gasteiger charge is -2.43. The Morgan fingerprint density at radius 1 is 1.20 bits per heavy atom. The fourth-order valence-corrected chi connectivity index (χ4v) is 2.64. The number of halogens is 3. The first-order valence-electron chi connectivity index (χ1n) is 6.97. The van der Waals surface area contributed by atoms with Crippen LogP contribution in [0.5, 0.6) is 0 Å². The summed E-state index contributed by atoms with van der Waals surface area (Å²) < 4.78 is 35.8. The number of likely N-dealkylation sites (N-methyl/N-ethyl adjacent to an activating group) is 1. The first-order chi connectivity index (χ1) is 9.25. The second kappa shape index (κ2) is 7.26. The van der Waals surface area contributed by atoms with E-state index in [0.29, 0.717) is 6.54 Å². The number of nitrogens with one attached hydrogen (secondary N) is 2. The zero-order valence-corrected chi connectivity index (χ0v) is 12.1. The highest BCUT2D eigenvalue weighted by Crippen LogP contribution is 2.31. The van der Waals surface area contributed by atoms with E-state index in [9.17, 15) is 18.0 Å². The number of alkyl halides is 3. The van der Waals surface area contributed by atoms with Crippen LogP contribution in [-0.4, -0.2) is 56.3 Å². The van der Waals surface area contributed by atoms with Crippen molar-refractivity contribution in [1.82, 2.24) is 15.5 Å². The molecule has 0 atom stereocenters. The fraction of sp³-hybridized carbons (Fsp3) is 0.923. The summed E-state index contributed by atoms with van der Waals surface area (Å²) in [6, 6.07) is 0. The summed E-state index contributed by atoms with van der Waals surface area (Å²) in [5.41, 5.74) is -0.0576. The van der Waals surface area contributed by atoms with Gasteiger partial charge in [-0.15, -0.1) is 0 Å². The highest BCUT2D eigenvalue weighted by atomic mass is 19.4. The second-order valence-corrected chi connectivity index (χ2v) is 5.67. The van der Waals surface area contributed by atoms with E-state index in [0.717, 1.165) is 25.7 Å². The molecule has 0 unspecified atom stereocenters. The maximum Gasteiger partial charge on any atom is 0.401 e.